The zero-order valence-corrected chi connectivity index (χ0v) is 12.2. The first kappa shape index (κ1) is 13.2. The molecule has 106 valence electrons. The molecule has 3 rings (SSSR count). The molecule has 1 aromatic carbocycles. The molecule has 2 N–H and O–H groups in total. The van der Waals surface area contributed by atoms with Gasteiger partial charge in [0.2, 0.25) is 0 Å². The van der Waals surface area contributed by atoms with Crippen molar-refractivity contribution in [2.24, 2.45) is 5.92 Å². The van der Waals surface area contributed by atoms with Gasteiger partial charge in [-0.1, -0.05) is 19.1 Å². The number of hydrogen-bond donors (Lipinski definition) is 1. The number of nitrogens with two attached hydrogens (primary N) is 1. The third-order valence-electron chi connectivity index (χ3n) is 4.18. The van der Waals surface area contributed by atoms with Crippen molar-refractivity contribution in [2.45, 2.75) is 39.7 Å². The lowest BCUT2D eigenvalue weighted by molar-refractivity contribution is 0.346. The van der Waals surface area contributed by atoms with Gasteiger partial charge in [-0.3, -0.25) is 0 Å². The molecule has 1 aromatic heterocycles. The van der Waals surface area contributed by atoms with E-state index in [-0.39, 0.29) is 5.82 Å². The minimum Gasteiger partial charge on any atom is -0.383 e. The van der Waals surface area contributed by atoms with E-state index >= 15 is 0 Å². The highest BCUT2D eigenvalue weighted by Crippen LogP contribution is 2.36. The summed E-state index contributed by atoms with van der Waals surface area (Å²) >= 11 is 0. The number of rotatable bonds is 1. The summed E-state index contributed by atoms with van der Waals surface area (Å²) in [6, 6.07) is 5.53. The number of fused-ring (bicyclic) bond motifs is 1. The molecule has 0 bridgehead atoms. The van der Waals surface area contributed by atoms with E-state index in [2.05, 4.69) is 23.4 Å². The number of aromatic nitrogens is 2. The normalized spacial score (nSPS) is 21.8. The Morgan fingerprint density at radius 2 is 2.10 bits per heavy atom. The lowest BCUT2D eigenvalue weighted by Gasteiger charge is -2.27. The van der Waals surface area contributed by atoms with Crippen molar-refractivity contribution in [3.8, 4) is 11.3 Å². The number of imidazole rings is 1. The Hall–Kier alpha value is -1.84. The molecular formula is C16H20FN3. The van der Waals surface area contributed by atoms with Crippen molar-refractivity contribution in [3.63, 3.8) is 0 Å². The van der Waals surface area contributed by atoms with Crippen molar-refractivity contribution in [3.05, 3.63) is 35.4 Å². The molecule has 0 saturated heterocycles. The molecule has 2 heterocycles. The average molecular weight is 273 g/mol. The summed E-state index contributed by atoms with van der Waals surface area (Å²) in [5.41, 5.74) is 8.36. The van der Waals surface area contributed by atoms with Gasteiger partial charge < -0.3 is 10.3 Å². The quantitative estimate of drug-likeness (QED) is 0.860. The molecular weight excluding hydrogens is 253 g/mol. The van der Waals surface area contributed by atoms with Crippen LogP contribution in [-0.2, 0) is 6.42 Å². The van der Waals surface area contributed by atoms with Crippen LogP contribution >= 0.6 is 0 Å². The molecule has 2 atom stereocenters. The maximum absolute atomic E-state index is 13.7. The lowest BCUT2D eigenvalue weighted by Crippen LogP contribution is -2.22. The van der Waals surface area contributed by atoms with Crippen molar-refractivity contribution in [1.29, 1.82) is 0 Å². The third kappa shape index (κ3) is 1.99. The summed E-state index contributed by atoms with van der Waals surface area (Å²) < 4.78 is 15.8. The van der Waals surface area contributed by atoms with E-state index in [0.717, 1.165) is 24.2 Å². The number of anilines is 1. The topological polar surface area (TPSA) is 43.8 Å². The summed E-state index contributed by atoms with van der Waals surface area (Å²) in [7, 11) is 0. The van der Waals surface area contributed by atoms with E-state index in [9.17, 15) is 4.39 Å². The van der Waals surface area contributed by atoms with Gasteiger partial charge in [-0.05, 0) is 37.8 Å². The standard InChI is InChI=1S/C16H20FN3/c1-9-6-11(3)20-14(7-9)19-15(16(20)18)12-5-4-10(2)13(17)8-12/h4-5,8-9,11H,6-7,18H2,1-3H3. The molecule has 0 aliphatic carbocycles. The molecule has 1 aliphatic rings. The van der Waals surface area contributed by atoms with Crippen LogP contribution in [0.4, 0.5) is 10.2 Å². The number of aryl methyl sites for hydroxylation is 1. The zero-order chi connectivity index (χ0) is 14.4. The van der Waals surface area contributed by atoms with Crippen LogP contribution in [0, 0.1) is 18.7 Å². The monoisotopic (exact) mass is 273 g/mol. The number of halogens is 1. The summed E-state index contributed by atoms with van der Waals surface area (Å²) in [5.74, 6) is 2.07. The molecule has 20 heavy (non-hydrogen) atoms. The fraction of sp³-hybridized carbons (Fsp3) is 0.438. The second-order valence-corrected chi connectivity index (χ2v) is 5.99. The summed E-state index contributed by atoms with van der Waals surface area (Å²) in [5, 5.41) is 0. The first-order valence-electron chi connectivity index (χ1n) is 7.10. The number of nitrogen functional groups attached to an aromatic ring is 1. The summed E-state index contributed by atoms with van der Waals surface area (Å²) in [6.45, 7) is 6.15. The average Bonchev–Trinajstić information content (AvgIpc) is 2.70. The van der Waals surface area contributed by atoms with Crippen LogP contribution in [0.3, 0.4) is 0 Å². The SMILES string of the molecule is Cc1ccc(-c2nc3n(c2N)C(C)CC(C)C3)cc1F. The van der Waals surface area contributed by atoms with Crippen molar-refractivity contribution in [2.75, 3.05) is 5.73 Å². The van der Waals surface area contributed by atoms with Gasteiger partial charge in [0.05, 0.1) is 0 Å². The van der Waals surface area contributed by atoms with E-state index < -0.39 is 0 Å². The fourth-order valence-corrected chi connectivity index (χ4v) is 3.16. The maximum Gasteiger partial charge on any atom is 0.131 e. The molecule has 0 fully saturated rings. The third-order valence-corrected chi connectivity index (χ3v) is 4.18. The van der Waals surface area contributed by atoms with Crippen LogP contribution < -0.4 is 5.73 Å². The predicted molar refractivity (Wildman–Crippen MR) is 79.0 cm³/mol. The number of nitrogens with zero attached hydrogens (tertiary/aromatic N) is 2. The molecule has 0 saturated carbocycles. The van der Waals surface area contributed by atoms with Gasteiger partial charge in [-0.2, -0.15) is 0 Å². The van der Waals surface area contributed by atoms with Gasteiger partial charge in [0.25, 0.3) is 0 Å². The highest BCUT2D eigenvalue weighted by molar-refractivity contribution is 5.71. The highest BCUT2D eigenvalue weighted by Gasteiger charge is 2.26. The zero-order valence-electron chi connectivity index (χ0n) is 12.2. The van der Waals surface area contributed by atoms with E-state index in [4.69, 9.17) is 5.73 Å². The van der Waals surface area contributed by atoms with Gasteiger partial charge in [0, 0.05) is 18.0 Å². The van der Waals surface area contributed by atoms with Crippen LogP contribution in [0.1, 0.15) is 37.7 Å². The molecule has 2 unspecified atom stereocenters. The minimum absolute atomic E-state index is 0.214. The Balaban J connectivity index is 2.11. The Morgan fingerprint density at radius 3 is 2.80 bits per heavy atom. The summed E-state index contributed by atoms with van der Waals surface area (Å²) in [6.07, 6.45) is 2.04. The predicted octanol–water partition coefficient (Wildman–Crippen LogP) is 3.72. The minimum atomic E-state index is -0.214. The van der Waals surface area contributed by atoms with Gasteiger partial charge >= 0.3 is 0 Å². The van der Waals surface area contributed by atoms with E-state index in [1.165, 1.54) is 6.07 Å². The molecule has 3 nitrogen and oxygen atoms in total. The Kier molecular flexibility index (Phi) is 3.04. The van der Waals surface area contributed by atoms with Gasteiger partial charge in [0.1, 0.15) is 23.2 Å². The fourth-order valence-electron chi connectivity index (χ4n) is 3.16. The smallest absolute Gasteiger partial charge is 0.131 e. The second-order valence-electron chi connectivity index (χ2n) is 5.99. The second kappa shape index (κ2) is 4.62. The molecule has 0 spiro atoms. The van der Waals surface area contributed by atoms with Crippen molar-refractivity contribution >= 4 is 5.82 Å². The van der Waals surface area contributed by atoms with Crippen LogP contribution in [0.25, 0.3) is 11.3 Å². The van der Waals surface area contributed by atoms with Crippen LogP contribution in [0.15, 0.2) is 18.2 Å². The van der Waals surface area contributed by atoms with E-state index in [1.807, 2.05) is 6.07 Å². The lowest BCUT2D eigenvalue weighted by atomic mass is 9.95. The Morgan fingerprint density at radius 1 is 1.35 bits per heavy atom. The molecule has 2 aromatic rings. The molecule has 0 radical (unpaired) electrons. The maximum atomic E-state index is 13.7. The van der Waals surface area contributed by atoms with Crippen molar-refractivity contribution < 1.29 is 4.39 Å². The number of benzene rings is 1. The first-order valence-corrected chi connectivity index (χ1v) is 7.10. The van der Waals surface area contributed by atoms with E-state index in [1.54, 1.807) is 13.0 Å². The highest BCUT2D eigenvalue weighted by atomic mass is 19.1. The summed E-state index contributed by atoms with van der Waals surface area (Å²) in [4.78, 5) is 4.66. The molecule has 4 heteroatoms. The van der Waals surface area contributed by atoms with Crippen LogP contribution in [0.5, 0.6) is 0 Å². The Labute approximate surface area is 118 Å². The first-order chi connectivity index (χ1) is 9.47. The van der Waals surface area contributed by atoms with Crippen LogP contribution in [-0.4, -0.2) is 9.55 Å². The van der Waals surface area contributed by atoms with Crippen LogP contribution in [0.2, 0.25) is 0 Å². The van der Waals surface area contributed by atoms with Gasteiger partial charge in [-0.25, -0.2) is 9.37 Å². The van der Waals surface area contributed by atoms with E-state index in [0.29, 0.717) is 29.0 Å². The van der Waals surface area contributed by atoms with Crippen molar-refractivity contribution in [1.82, 2.24) is 9.55 Å². The molecule has 1 aliphatic heterocycles. The van der Waals surface area contributed by atoms with Gasteiger partial charge in [0.15, 0.2) is 0 Å². The molecule has 0 amide bonds. The Bertz CT molecular complexity index is 660. The van der Waals surface area contributed by atoms with Gasteiger partial charge in [-0.15, -0.1) is 0 Å². The number of hydrogen-bond acceptors (Lipinski definition) is 2. The largest absolute Gasteiger partial charge is 0.383 e.